The molecule has 1 fully saturated rings. The highest BCUT2D eigenvalue weighted by molar-refractivity contribution is 5.94. The Bertz CT molecular complexity index is 514. The lowest BCUT2D eigenvalue weighted by Crippen LogP contribution is -2.36. The van der Waals surface area contributed by atoms with Crippen LogP contribution in [0.1, 0.15) is 28.8 Å². The van der Waals surface area contributed by atoms with Crippen LogP contribution in [0.2, 0.25) is 0 Å². The SMILES string of the molecule is CN1CCC(NC(=O)c2ccc(C#CCCO)cc2)C1. The molecule has 0 aromatic heterocycles. The highest BCUT2D eigenvalue weighted by Crippen LogP contribution is 2.08. The van der Waals surface area contributed by atoms with Crippen molar-refractivity contribution in [2.75, 3.05) is 26.7 Å². The van der Waals surface area contributed by atoms with Gasteiger partial charge in [-0.05, 0) is 44.3 Å². The molecule has 1 saturated heterocycles. The third kappa shape index (κ3) is 4.09. The number of carbonyl (C=O) groups excluding carboxylic acids is 1. The van der Waals surface area contributed by atoms with Crippen LogP contribution in [0.5, 0.6) is 0 Å². The van der Waals surface area contributed by atoms with Gasteiger partial charge in [0.25, 0.3) is 5.91 Å². The van der Waals surface area contributed by atoms with Crippen molar-refractivity contribution in [2.24, 2.45) is 0 Å². The van der Waals surface area contributed by atoms with E-state index in [0.717, 1.165) is 25.1 Å². The average Bonchev–Trinajstić information content (AvgIpc) is 2.85. The quantitative estimate of drug-likeness (QED) is 0.802. The summed E-state index contributed by atoms with van der Waals surface area (Å²) < 4.78 is 0. The molecule has 1 heterocycles. The van der Waals surface area contributed by atoms with Crippen molar-refractivity contribution in [2.45, 2.75) is 18.9 Å². The van der Waals surface area contributed by atoms with E-state index in [0.29, 0.717) is 12.0 Å². The number of amides is 1. The van der Waals surface area contributed by atoms with Gasteiger partial charge in [0.1, 0.15) is 0 Å². The molecule has 1 amide bonds. The minimum Gasteiger partial charge on any atom is -0.395 e. The van der Waals surface area contributed by atoms with E-state index in [-0.39, 0.29) is 18.6 Å². The largest absolute Gasteiger partial charge is 0.395 e. The number of benzene rings is 1. The van der Waals surface area contributed by atoms with Crippen LogP contribution < -0.4 is 5.32 Å². The van der Waals surface area contributed by atoms with E-state index in [1.54, 1.807) is 12.1 Å². The number of hydrogen-bond acceptors (Lipinski definition) is 3. The van der Waals surface area contributed by atoms with Crippen LogP contribution in [0, 0.1) is 11.8 Å². The molecule has 0 spiro atoms. The molecule has 20 heavy (non-hydrogen) atoms. The zero-order valence-electron chi connectivity index (χ0n) is 11.7. The number of aliphatic hydroxyl groups excluding tert-OH is 1. The zero-order chi connectivity index (χ0) is 14.4. The van der Waals surface area contributed by atoms with Gasteiger partial charge < -0.3 is 15.3 Å². The summed E-state index contributed by atoms with van der Waals surface area (Å²) in [7, 11) is 2.06. The predicted octanol–water partition coefficient (Wildman–Crippen LogP) is 0.854. The molecule has 1 aromatic rings. The van der Waals surface area contributed by atoms with Crippen molar-refractivity contribution in [3.05, 3.63) is 35.4 Å². The molecular formula is C16H20N2O2. The van der Waals surface area contributed by atoms with Gasteiger partial charge in [-0.3, -0.25) is 4.79 Å². The minimum atomic E-state index is -0.0276. The lowest BCUT2D eigenvalue weighted by molar-refractivity contribution is 0.0938. The third-order valence-corrected chi connectivity index (χ3v) is 3.34. The maximum Gasteiger partial charge on any atom is 0.251 e. The van der Waals surface area contributed by atoms with Crippen LogP contribution in [0.3, 0.4) is 0 Å². The third-order valence-electron chi connectivity index (χ3n) is 3.34. The Morgan fingerprint density at radius 1 is 1.45 bits per heavy atom. The molecule has 1 atom stereocenters. The molecule has 1 unspecified atom stereocenters. The van der Waals surface area contributed by atoms with Gasteiger partial charge in [-0.15, -0.1) is 0 Å². The Morgan fingerprint density at radius 3 is 2.80 bits per heavy atom. The van der Waals surface area contributed by atoms with Crippen molar-refractivity contribution in [3.8, 4) is 11.8 Å². The van der Waals surface area contributed by atoms with Crippen LogP contribution in [-0.2, 0) is 0 Å². The summed E-state index contributed by atoms with van der Waals surface area (Å²) in [5.74, 6) is 5.77. The predicted molar refractivity (Wildman–Crippen MR) is 78.4 cm³/mol. The van der Waals surface area contributed by atoms with Crippen molar-refractivity contribution >= 4 is 5.91 Å². The standard InChI is InChI=1S/C16H20N2O2/c1-18-10-9-15(12-18)17-16(20)14-7-5-13(6-8-14)4-2-3-11-19/h5-8,15,19H,3,9-12H2,1H3,(H,17,20). The maximum absolute atomic E-state index is 12.1. The van der Waals surface area contributed by atoms with Crippen molar-refractivity contribution in [1.82, 2.24) is 10.2 Å². The number of aliphatic hydroxyl groups is 1. The fraction of sp³-hybridized carbons (Fsp3) is 0.438. The topological polar surface area (TPSA) is 52.6 Å². The van der Waals surface area contributed by atoms with E-state index in [4.69, 9.17) is 5.11 Å². The molecule has 2 rings (SSSR count). The van der Waals surface area contributed by atoms with Gasteiger partial charge in [-0.25, -0.2) is 0 Å². The molecule has 1 aromatic carbocycles. The second kappa shape index (κ2) is 7.09. The number of nitrogens with zero attached hydrogens (tertiary/aromatic N) is 1. The van der Waals surface area contributed by atoms with Crippen LogP contribution in [0.15, 0.2) is 24.3 Å². The Balaban J connectivity index is 1.92. The van der Waals surface area contributed by atoms with Gasteiger partial charge in [-0.2, -0.15) is 0 Å². The van der Waals surface area contributed by atoms with E-state index in [1.807, 2.05) is 12.1 Å². The molecule has 4 heteroatoms. The molecule has 0 saturated carbocycles. The molecule has 0 radical (unpaired) electrons. The Hall–Kier alpha value is -1.83. The molecule has 0 aliphatic carbocycles. The first-order valence-corrected chi connectivity index (χ1v) is 6.88. The highest BCUT2D eigenvalue weighted by atomic mass is 16.2. The fourth-order valence-corrected chi connectivity index (χ4v) is 2.25. The van der Waals surface area contributed by atoms with Gasteiger partial charge in [0.15, 0.2) is 0 Å². The molecule has 2 N–H and O–H groups in total. The summed E-state index contributed by atoms with van der Waals surface area (Å²) in [6.45, 7) is 2.02. The van der Waals surface area contributed by atoms with E-state index < -0.39 is 0 Å². The second-order valence-electron chi connectivity index (χ2n) is 5.07. The van der Waals surface area contributed by atoms with Crippen LogP contribution in [0.4, 0.5) is 0 Å². The summed E-state index contributed by atoms with van der Waals surface area (Å²) in [4.78, 5) is 14.3. The first kappa shape index (κ1) is 14.6. The first-order chi connectivity index (χ1) is 9.69. The highest BCUT2D eigenvalue weighted by Gasteiger charge is 2.21. The normalized spacial score (nSPS) is 18.4. The Labute approximate surface area is 119 Å². The summed E-state index contributed by atoms with van der Waals surface area (Å²) in [5.41, 5.74) is 1.52. The van der Waals surface area contributed by atoms with Gasteiger partial charge in [0.2, 0.25) is 0 Å². The van der Waals surface area contributed by atoms with Gasteiger partial charge >= 0.3 is 0 Å². The monoisotopic (exact) mass is 272 g/mol. The van der Waals surface area contributed by atoms with E-state index in [2.05, 4.69) is 29.1 Å². The smallest absolute Gasteiger partial charge is 0.251 e. The number of carbonyl (C=O) groups is 1. The van der Waals surface area contributed by atoms with Crippen molar-refractivity contribution in [1.29, 1.82) is 0 Å². The summed E-state index contributed by atoms with van der Waals surface area (Å²) >= 11 is 0. The van der Waals surface area contributed by atoms with Crippen LogP contribution >= 0.6 is 0 Å². The number of likely N-dealkylation sites (N-methyl/N-ethyl adjacent to an activating group) is 1. The van der Waals surface area contributed by atoms with Crippen LogP contribution in [0.25, 0.3) is 0 Å². The number of likely N-dealkylation sites (tertiary alicyclic amines) is 1. The van der Waals surface area contributed by atoms with E-state index >= 15 is 0 Å². The first-order valence-electron chi connectivity index (χ1n) is 6.88. The van der Waals surface area contributed by atoms with E-state index in [1.165, 1.54) is 0 Å². The minimum absolute atomic E-state index is 0.0276. The summed E-state index contributed by atoms with van der Waals surface area (Å²) in [6.07, 6.45) is 1.48. The van der Waals surface area contributed by atoms with Gasteiger partial charge in [0.05, 0.1) is 6.61 Å². The van der Waals surface area contributed by atoms with Crippen molar-refractivity contribution in [3.63, 3.8) is 0 Å². The molecule has 1 aliphatic heterocycles. The second-order valence-corrected chi connectivity index (χ2v) is 5.07. The summed E-state index contributed by atoms with van der Waals surface area (Å²) in [6, 6.07) is 7.49. The Kier molecular flexibility index (Phi) is 5.16. The Morgan fingerprint density at radius 2 is 2.20 bits per heavy atom. The number of hydrogen-bond donors (Lipinski definition) is 2. The van der Waals surface area contributed by atoms with Gasteiger partial charge in [0, 0.05) is 30.1 Å². The van der Waals surface area contributed by atoms with Gasteiger partial charge in [-0.1, -0.05) is 11.8 Å². The fourth-order valence-electron chi connectivity index (χ4n) is 2.25. The maximum atomic E-state index is 12.1. The molecular weight excluding hydrogens is 252 g/mol. The molecule has 4 nitrogen and oxygen atoms in total. The van der Waals surface area contributed by atoms with Crippen LogP contribution in [-0.4, -0.2) is 48.7 Å². The summed E-state index contributed by atoms with van der Waals surface area (Å²) in [5, 5.41) is 11.7. The number of nitrogens with one attached hydrogen (secondary N) is 1. The lowest BCUT2D eigenvalue weighted by Gasteiger charge is -2.12. The lowest BCUT2D eigenvalue weighted by atomic mass is 10.1. The average molecular weight is 272 g/mol. The number of rotatable bonds is 3. The molecule has 0 bridgehead atoms. The van der Waals surface area contributed by atoms with Crippen molar-refractivity contribution < 1.29 is 9.90 Å². The molecule has 1 aliphatic rings. The zero-order valence-corrected chi connectivity index (χ0v) is 11.7. The molecule has 106 valence electrons. The van der Waals surface area contributed by atoms with E-state index in [9.17, 15) is 4.79 Å².